The van der Waals surface area contributed by atoms with E-state index in [1.165, 1.54) is 0 Å². The average Bonchev–Trinajstić information content (AvgIpc) is 2.49. The summed E-state index contributed by atoms with van der Waals surface area (Å²) in [5, 5.41) is 9.06. The van der Waals surface area contributed by atoms with Crippen molar-refractivity contribution in [3.05, 3.63) is 29.0 Å². The number of nitrogens with one attached hydrogen (secondary N) is 1. The van der Waals surface area contributed by atoms with Gasteiger partial charge in [-0.05, 0) is 31.0 Å². The van der Waals surface area contributed by atoms with Gasteiger partial charge in [0.05, 0.1) is 15.3 Å². The lowest BCUT2D eigenvalue weighted by Gasteiger charge is -2.33. The molecule has 1 saturated heterocycles. The summed E-state index contributed by atoms with van der Waals surface area (Å²) in [6, 6.07) is 3.00. The fourth-order valence-corrected chi connectivity index (χ4v) is 3.59. The molecule has 0 bridgehead atoms. The number of aliphatic carboxylic acids is 1. The summed E-state index contributed by atoms with van der Waals surface area (Å²) >= 11 is 5.57. The molecule has 0 amide bonds. The molecule has 1 heterocycles. The third-order valence-electron chi connectivity index (χ3n) is 3.71. The van der Waals surface area contributed by atoms with Crippen molar-refractivity contribution in [3.63, 3.8) is 0 Å². The monoisotopic (exact) mass is 351 g/mol. The molecular formula is C13H15ClFNO5S. The van der Waals surface area contributed by atoms with E-state index in [4.69, 9.17) is 16.3 Å². The van der Waals surface area contributed by atoms with Crippen molar-refractivity contribution in [2.45, 2.75) is 17.7 Å². The maximum absolute atomic E-state index is 13.1. The molecule has 1 aromatic rings. The van der Waals surface area contributed by atoms with Crippen LogP contribution >= 0.6 is 11.6 Å². The van der Waals surface area contributed by atoms with Gasteiger partial charge in [-0.15, -0.1) is 0 Å². The van der Waals surface area contributed by atoms with E-state index >= 15 is 0 Å². The van der Waals surface area contributed by atoms with Crippen molar-refractivity contribution in [1.29, 1.82) is 0 Å². The Labute approximate surface area is 132 Å². The van der Waals surface area contributed by atoms with Crippen LogP contribution in [0.3, 0.4) is 0 Å². The molecule has 0 radical (unpaired) electrons. The zero-order valence-electron chi connectivity index (χ0n) is 11.5. The van der Waals surface area contributed by atoms with Crippen molar-refractivity contribution in [3.8, 4) is 0 Å². The zero-order valence-corrected chi connectivity index (χ0v) is 13.1. The normalized spacial score (nSPS) is 18.1. The molecule has 0 aromatic heterocycles. The molecule has 122 valence electrons. The maximum atomic E-state index is 13.1. The third-order valence-corrected chi connectivity index (χ3v) is 5.39. The summed E-state index contributed by atoms with van der Waals surface area (Å²) in [6.07, 6.45) is 0.435. The van der Waals surface area contributed by atoms with Gasteiger partial charge in [-0.1, -0.05) is 11.6 Å². The lowest BCUT2D eigenvalue weighted by Crippen LogP contribution is -2.46. The highest BCUT2D eigenvalue weighted by Crippen LogP contribution is 2.30. The topological polar surface area (TPSA) is 92.7 Å². The highest BCUT2D eigenvalue weighted by molar-refractivity contribution is 7.89. The van der Waals surface area contributed by atoms with Crippen LogP contribution in [0.25, 0.3) is 0 Å². The molecule has 9 heteroatoms. The van der Waals surface area contributed by atoms with Crippen LogP contribution in [0.2, 0.25) is 5.02 Å². The Kier molecular flexibility index (Phi) is 5.06. The third kappa shape index (κ3) is 3.57. The van der Waals surface area contributed by atoms with Gasteiger partial charge in [-0.2, -0.15) is 0 Å². The molecule has 0 aliphatic carbocycles. The Balaban J connectivity index is 2.17. The van der Waals surface area contributed by atoms with E-state index in [1.807, 2.05) is 0 Å². The first-order chi connectivity index (χ1) is 10.3. The number of ether oxygens (including phenoxy) is 1. The number of halogens is 2. The molecule has 0 spiro atoms. The predicted molar refractivity (Wildman–Crippen MR) is 76.7 cm³/mol. The molecule has 6 nitrogen and oxygen atoms in total. The molecule has 1 aliphatic heterocycles. The minimum atomic E-state index is -3.98. The lowest BCUT2D eigenvalue weighted by molar-refractivity contribution is -0.154. The first-order valence-electron chi connectivity index (χ1n) is 6.53. The molecule has 1 aliphatic rings. The quantitative estimate of drug-likeness (QED) is 0.841. The second-order valence-corrected chi connectivity index (χ2v) is 7.27. The van der Waals surface area contributed by atoms with Crippen LogP contribution in [-0.2, 0) is 19.6 Å². The van der Waals surface area contributed by atoms with Crippen LogP contribution in [-0.4, -0.2) is 39.3 Å². The molecule has 0 atom stereocenters. The number of sulfonamides is 1. The molecule has 0 unspecified atom stereocenters. The van der Waals surface area contributed by atoms with Crippen LogP contribution in [0.4, 0.5) is 4.39 Å². The minimum absolute atomic E-state index is 0.216. The van der Waals surface area contributed by atoms with E-state index in [0.717, 1.165) is 18.2 Å². The SMILES string of the molecule is O=C(O)C1(CNS(=O)(=O)c2ccc(F)c(Cl)c2)CCOCC1. The highest BCUT2D eigenvalue weighted by Gasteiger charge is 2.41. The van der Waals surface area contributed by atoms with Crippen molar-refractivity contribution in [2.75, 3.05) is 19.8 Å². The van der Waals surface area contributed by atoms with E-state index in [2.05, 4.69) is 4.72 Å². The van der Waals surface area contributed by atoms with Gasteiger partial charge in [0.2, 0.25) is 10.0 Å². The van der Waals surface area contributed by atoms with Crippen LogP contribution in [0.15, 0.2) is 23.1 Å². The summed E-state index contributed by atoms with van der Waals surface area (Å²) in [7, 11) is -3.98. The molecule has 1 aromatic carbocycles. The first-order valence-corrected chi connectivity index (χ1v) is 8.39. The molecule has 2 N–H and O–H groups in total. The van der Waals surface area contributed by atoms with Gasteiger partial charge in [0.15, 0.2) is 0 Å². The first kappa shape index (κ1) is 17.1. The summed E-state index contributed by atoms with van der Waals surface area (Å²) in [4.78, 5) is 11.3. The van der Waals surface area contributed by atoms with Gasteiger partial charge < -0.3 is 9.84 Å². The van der Waals surface area contributed by atoms with Gasteiger partial charge >= 0.3 is 5.97 Å². The summed E-state index contributed by atoms with van der Waals surface area (Å²) in [5.41, 5.74) is -1.20. The van der Waals surface area contributed by atoms with E-state index < -0.39 is 27.2 Å². The van der Waals surface area contributed by atoms with E-state index in [1.54, 1.807) is 0 Å². The summed E-state index contributed by atoms with van der Waals surface area (Å²) in [6.45, 7) is 0.260. The van der Waals surface area contributed by atoms with E-state index in [0.29, 0.717) is 0 Å². The number of carboxylic acids is 1. The Bertz CT molecular complexity index is 673. The summed E-state index contributed by atoms with van der Waals surface area (Å²) in [5.74, 6) is -1.80. The minimum Gasteiger partial charge on any atom is -0.481 e. The smallest absolute Gasteiger partial charge is 0.311 e. The second-order valence-electron chi connectivity index (χ2n) is 5.10. The average molecular weight is 352 g/mol. The maximum Gasteiger partial charge on any atom is 0.311 e. The highest BCUT2D eigenvalue weighted by atomic mass is 35.5. The zero-order chi connectivity index (χ0) is 16.4. The van der Waals surface area contributed by atoms with Crippen LogP contribution < -0.4 is 4.72 Å². The molecule has 2 rings (SSSR count). The van der Waals surface area contributed by atoms with E-state index in [9.17, 15) is 22.7 Å². The number of rotatable bonds is 5. The largest absolute Gasteiger partial charge is 0.481 e. The Morgan fingerprint density at radius 2 is 2.05 bits per heavy atom. The standard InChI is InChI=1S/C13H15ClFNO5S/c14-10-7-9(1-2-11(10)15)22(19,20)16-8-13(12(17)18)3-5-21-6-4-13/h1-2,7,16H,3-6,8H2,(H,17,18). The lowest BCUT2D eigenvalue weighted by atomic mass is 9.80. The van der Waals surface area contributed by atoms with Gasteiger partial charge in [0, 0.05) is 19.8 Å². The van der Waals surface area contributed by atoms with Gasteiger partial charge in [-0.3, -0.25) is 4.79 Å². The molecule has 22 heavy (non-hydrogen) atoms. The number of benzene rings is 1. The van der Waals surface area contributed by atoms with Crippen LogP contribution in [0.5, 0.6) is 0 Å². The number of hydrogen-bond acceptors (Lipinski definition) is 4. The Morgan fingerprint density at radius 1 is 1.41 bits per heavy atom. The van der Waals surface area contributed by atoms with E-state index in [-0.39, 0.29) is 42.5 Å². The van der Waals surface area contributed by atoms with Crippen molar-refractivity contribution < 1.29 is 27.4 Å². The van der Waals surface area contributed by atoms with Crippen LogP contribution in [0.1, 0.15) is 12.8 Å². The van der Waals surface area contributed by atoms with Crippen molar-refractivity contribution >= 4 is 27.6 Å². The van der Waals surface area contributed by atoms with Gasteiger partial charge in [-0.25, -0.2) is 17.5 Å². The fraction of sp³-hybridized carbons (Fsp3) is 0.462. The second kappa shape index (κ2) is 6.49. The molecular weight excluding hydrogens is 337 g/mol. The number of carbonyl (C=O) groups is 1. The number of carboxylic acid groups (broad SMARTS) is 1. The van der Waals surface area contributed by atoms with Gasteiger partial charge in [0.1, 0.15) is 5.82 Å². The Morgan fingerprint density at radius 3 is 2.59 bits per heavy atom. The summed E-state index contributed by atoms with van der Waals surface area (Å²) < 4.78 is 44.9. The Hall–Kier alpha value is -1.22. The number of hydrogen-bond donors (Lipinski definition) is 2. The van der Waals surface area contributed by atoms with Crippen LogP contribution in [0, 0.1) is 11.2 Å². The van der Waals surface area contributed by atoms with Crippen molar-refractivity contribution in [2.24, 2.45) is 5.41 Å². The predicted octanol–water partition coefficient (Wildman–Crippen LogP) is 1.64. The fourth-order valence-electron chi connectivity index (χ4n) is 2.19. The van der Waals surface area contributed by atoms with Gasteiger partial charge in [0.25, 0.3) is 0 Å². The molecule has 0 saturated carbocycles. The molecule has 1 fully saturated rings. The van der Waals surface area contributed by atoms with Crippen molar-refractivity contribution in [1.82, 2.24) is 4.72 Å².